The van der Waals surface area contributed by atoms with Crippen molar-refractivity contribution in [2.24, 2.45) is 0 Å². The van der Waals surface area contributed by atoms with Crippen LogP contribution < -0.4 is 5.32 Å². The molecule has 0 unspecified atom stereocenters. The number of carbonyl (C=O) groups is 2. The molecule has 0 aliphatic carbocycles. The third-order valence-corrected chi connectivity index (χ3v) is 4.94. The molecule has 2 fully saturated rings. The zero-order valence-corrected chi connectivity index (χ0v) is 13.6. The Hall–Kier alpha value is -2.66. The summed E-state index contributed by atoms with van der Waals surface area (Å²) in [5.41, 5.74) is 1.41. The van der Waals surface area contributed by atoms with E-state index in [1.807, 2.05) is 0 Å². The SMILES string of the molecule is O=C(N[C@@H]1C[C@@H]2CC[C@H]1O2)c1ccc(C(=O)c2cccc(O)c2)cc1. The van der Waals surface area contributed by atoms with E-state index in [4.69, 9.17) is 4.74 Å². The minimum atomic E-state index is -0.190. The summed E-state index contributed by atoms with van der Waals surface area (Å²) >= 11 is 0. The summed E-state index contributed by atoms with van der Waals surface area (Å²) in [6.07, 6.45) is 3.40. The normalized spacial score (nSPS) is 24.2. The third kappa shape index (κ3) is 3.15. The second kappa shape index (κ2) is 6.33. The Morgan fingerprint density at radius 2 is 1.76 bits per heavy atom. The van der Waals surface area contributed by atoms with Crippen LogP contribution in [0.3, 0.4) is 0 Å². The highest BCUT2D eigenvalue weighted by molar-refractivity contribution is 6.09. The largest absolute Gasteiger partial charge is 0.508 e. The van der Waals surface area contributed by atoms with Crippen molar-refractivity contribution < 1.29 is 19.4 Å². The van der Waals surface area contributed by atoms with Gasteiger partial charge in [-0.15, -0.1) is 0 Å². The van der Waals surface area contributed by atoms with Gasteiger partial charge in [0.05, 0.1) is 18.2 Å². The van der Waals surface area contributed by atoms with Gasteiger partial charge in [-0.05, 0) is 43.5 Å². The van der Waals surface area contributed by atoms with E-state index in [1.165, 1.54) is 12.1 Å². The zero-order valence-electron chi connectivity index (χ0n) is 13.6. The van der Waals surface area contributed by atoms with Gasteiger partial charge in [0.2, 0.25) is 0 Å². The first kappa shape index (κ1) is 15.8. The summed E-state index contributed by atoms with van der Waals surface area (Å²) in [7, 11) is 0. The molecule has 2 aromatic rings. The van der Waals surface area contributed by atoms with Crippen LogP contribution in [0.4, 0.5) is 0 Å². The van der Waals surface area contributed by atoms with Crippen LogP contribution in [0.25, 0.3) is 0 Å². The first-order valence-corrected chi connectivity index (χ1v) is 8.50. The predicted octanol–water partition coefficient (Wildman–Crippen LogP) is 2.67. The Morgan fingerprint density at radius 1 is 1.00 bits per heavy atom. The Kier molecular flexibility index (Phi) is 4.01. The predicted molar refractivity (Wildman–Crippen MR) is 91.7 cm³/mol. The molecule has 5 heteroatoms. The molecule has 2 aliphatic rings. The van der Waals surface area contributed by atoms with Crippen molar-refractivity contribution in [3.8, 4) is 5.75 Å². The number of hydrogen-bond donors (Lipinski definition) is 2. The second-order valence-corrected chi connectivity index (χ2v) is 6.65. The standard InChI is InChI=1S/C20H19NO4/c22-15-3-1-2-14(10-15)19(23)12-4-6-13(7-5-12)20(24)21-17-11-16-8-9-18(17)25-16/h1-7,10,16-18,22H,8-9,11H2,(H,21,24)/t16-,17+,18+/m0/s1. The van der Waals surface area contributed by atoms with E-state index in [-0.39, 0.29) is 35.7 Å². The number of ether oxygens (including phenoxy) is 1. The van der Waals surface area contributed by atoms with Crippen molar-refractivity contribution in [1.82, 2.24) is 5.32 Å². The number of aromatic hydroxyl groups is 1. The maximum absolute atomic E-state index is 12.4. The Balaban J connectivity index is 1.44. The number of phenolic OH excluding ortho intramolecular Hbond substituents is 1. The van der Waals surface area contributed by atoms with Crippen LogP contribution in [-0.2, 0) is 4.74 Å². The van der Waals surface area contributed by atoms with E-state index in [0.29, 0.717) is 16.7 Å². The minimum absolute atomic E-state index is 0.0509. The molecule has 2 bridgehead atoms. The summed E-state index contributed by atoms with van der Waals surface area (Å²) in [5.74, 6) is -0.281. The van der Waals surface area contributed by atoms with E-state index in [0.717, 1.165) is 19.3 Å². The number of carbonyl (C=O) groups excluding carboxylic acids is 2. The average Bonchev–Trinajstić information content (AvgIpc) is 3.24. The Labute approximate surface area is 145 Å². The smallest absolute Gasteiger partial charge is 0.251 e. The average molecular weight is 337 g/mol. The molecule has 0 saturated carbocycles. The van der Waals surface area contributed by atoms with E-state index in [1.54, 1.807) is 36.4 Å². The summed E-state index contributed by atoms with van der Waals surface area (Å²) in [6, 6.07) is 12.9. The van der Waals surface area contributed by atoms with Crippen LogP contribution >= 0.6 is 0 Å². The van der Waals surface area contributed by atoms with Gasteiger partial charge in [0.15, 0.2) is 5.78 Å². The number of fused-ring (bicyclic) bond motifs is 2. The number of benzene rings is 2. The van der Waals surface area contributed by atoms with Gasteiger partial charge in [0, 0.05) is 16.7 Å². The molecule has 2 saturated heterocycles. The number of rotatable bonds is 4. The summed E-state index contributed by atoms with van der Waals surface area (Å²) < 4.78 is 5.75. The highest BCUT2D eigenvalue weighted by Crippen LogP contribution is 2.34. The molecule has 2 aromatic carbocycles. The lowest BCUT2D eigenvalue weighted by atomic mass is 9.95. The summed E-state index contributed by atoms with van der Waals surface area (Å²) in [4.78, 5) is 24.8. The van der Waals surface area contributed by atoms with Gasteiger partial charge in [-0.25, -0.2) is 0 Å². The lowest BCUT2D eigenvalue weighted by Gasteiger charge is -2.20. The lowest BCUT2D eigenvalue weighted by Crippen LogP contribution is -2.41. The van der Waals surface area contributed by atoms with Crippen LogP contribution in [0, 0.1) is 0 Å². The van der Waals surface area contributed by atoms with Crippen LogP contribution in [0.15, 0.2) is 48.5 Å². The first-order valence-electron chi connectivity index (χ1n) is 8.50. The molecule has 2 N–H and O–H groups in total. The van der Waals surface area contributed by atoms with Crippen molar-refractivity contribution in [3.05, 3.63) is 65.2 Å². The van der Waals surface area contributed by atoms with Gasteiger partial charge in [0.1, 0.15) is 5.75 Å². The molecule has 4 rings (SSSR count). The second-order valence-electron chi connectivity index (χ2n) is 6.65. The first-order chi connectivity index (χ1) is 12.1. The van der Waals surface area contributed by atoms with Gasteiger partial charge in [-0.2, -0.15) is 0 Å². The fourth-order valence-corrected chi connectivity index (χ4v) is 3.63. The summed E-state index contributed by atoms with van der Waals surface area (Å²) in [6.45, 7) is 0. The van der Waals surface area contributed by atoms with E-state index in [9.17, 15) is 14.7 Å². The Morgan fingerprint density at radius 3 is 2.40 bits per heavy atom. The van der Waals surface area contributed by atoms with E-state index in [2.05, 4.69) is 5.32 Å². The van der Waals surface area contributed by atoms with Crippen molar-refractivity contribution >= 4 is 11.7 Å². The number of amides is 1. The molecule has 0 aromatic heterocycles. The zero-order chi connectivity index (χ0) is 17.4. The molecule has 2 aliphatic heterocycles. The van der Waals surface area contributed by atoms with Gasteiger partial charge in [-0.3, -0.25) is 9.59 Å². The molecular weight excluding hydrogens is 318 g/mol. The molecule has 25 heavy (non-hydrogen) atoms. The molecular formula is C20H19NO4. The fraction of sp³-hybridized carbons (Fsp3) is 0.300. The molecule has 0 radical (unpaired) electrons. The maximum atomic E-state index is 12.4. The van der Waals surface area contributed by atoms with Gasteiger partial charge >= 0.3 is 0 Å². The number of hydrogen-bond acceptors (Lipinski definition) is 4. The highest BCUT2D eigenvalue weighted by atomic mass is 16.5. The van der Waals surface area contributed by atoms with Crippen LogP contribution in [0.5, 0.6) is 5.75 Å². The van der Waals surface area contributed by atoms with Crippen molar-refractivity contribution in [3.63, 3.8) is 0 Å². The number of nitrogens with one attached hydrogen (secondary N) is 1. The molecule has 2 heterocycles. The minimum Gasteiger partial charge on any atom is -0.508 e. The molecule has 0 spiro atoms. The van der Waals surface area contributed by atoms with Gasteiger partial charge in [0.25, 0.3) is 5.91 Å². The lowest BCUT2D eigenvalue weighted by molar-refractivity contribution is 0.0840. The number of ketones is 1. The quantitative estimate of drug-likeness (QED) is 0.841. The monoisotopic (exact) mass is 337 g/mol. The van der Waals surface area contributed by atoms with Crippen LogP contribution in [0.2, 0.25) is 0 Å². The van der Waals surface area contributed by atoms with E-state index < -0.39 is 0 Å². The van der Waals surface area contributed by atoms with Crippen LogP contribution in [0.1, 0.15) is 45.5 Å². The third-order valence-electron chi connectivity index (χ3n) is 4.94. The van der Waals surface area contributed by atoms with Crippen molar-refractivity contribution in [1.29, 1.82) is 0 Å². The maximum Gasteiger partial charge on any atom is 0.251 e. The van der Waals surface area contributed by atoms with Crippen molar-refractivity contribution in [2.45, 2.75) is 37.5 Å². The summed E-state index contributed by atoms with van der Waals surface area (Å²) in [5, 5.41) is 12.5. The molecule has 128 valence electrons. The van der Waals surface area contributed by atoms with Crippen LogP contribution in [-0.4, -0.2) is 35.0 Å². The fourth-order valence-electron chi connectivity index (χ4n) is 3.63. The topological polar surface area (TPSA) is 75.6 Å². The molecule has 1 amide bonds. The highest BCUT2D eigenvalue weighted by Gasteiger charge is 2.41. The molecule has 5 nitrogen and oxygen atoms in total. The number of phenols is 1. The van der Waals surface area contributed by atoms with Crippen molar-refractivity contribution in [2.75, 3.05) is 0 Å². The molecule has 3 atom stereocenters. The van der Waals surface area contributed by atoms with E-state index >= 15 is 0 Å². The van der Waals surface area contributed by atoms with Gasteiger partial charge in [-0.1, -0.05) is 24.3 Å². The van der Waals surface area contributed by atoms with Gasteiger partial charge < -0.3 is 15.2 Å². The Bertz CT molecular complexity index is 815.